The van der Waals surface area contributed by atoms with E-state index in [0.29, 0.717) is 5.92 Å². The lowest BCUT2D eigenvalue weighted by Crippen LogP contribution is -2.21. The quantitative estimate of drug-likeness (QED) is 0.841. The van der Waals surface area contributed by atoms with Crippen LogP contribution < -0.4 is 10.1 Å². The molecule has 1 aliphatic rings. The molecule has 5 heteroatoms. The Hall–Kier alpha value is -1.62. The van der Waals surface area contributed by atoms with Gasteiger partial charge in [-0.1, -0.05) is 32.0 Å². The molecule has 0 saturated carbocycles. The third-order valence-corrected chi connectivity index (χ3v) is 3.92. The normalized spacial score (nSPS) is 17.2. The van der Waals surface area contributed by atoms with E-state index in [9.17, 15) is 0 Å². The maximum atomic E-state index is 5.70. The van der Waals surface area contributed by atoms with Crippen molar-refractivity contribution in [2.45, 2.75) is 32.2 Å². The van der Waals surface area contributed by atoms with Crippen LogP contribution in [0, 0.1) is 0 Å². The predicted molar refractivity (Wildman–Crippen MR) is 86.7 cm³/mol. The highest BCUT2D eigenvalue weighted by Gasteiger charge is 2.21. The first-order valence-corrected chi connectivity index (χ1v) is 7.95. The van der Waals surface area contributed by atoms with Crippen LogP contribution in [0.3, 0.4) is 0 Å². The average Bonchev–Trinajstić information content (AvgIpc) is 2.47. The minimum atomic E-state index is 0.219. The Morgan fingerprint density at radius 1 is 1.29 bits per heavy atom. The summed E-state index contributed by atoms with van der Waals surface area (Å²) in [6.07, 6.45) is 0.926. The summed E-state index contributed by atoms with van der Waals surface area (Å²) in [5, 5.41) is 3.51. The topological polar surface area (TPSA) is 47.0 Å². The third kappa shape index (κ3) is 3.18. The number of ether oxygens (including phenoxy) is 1. The fourth-order valence-electron chi connectivity index (χ4n) is 2.44. The number of nitrogens with zero attached hydrogens (tertiary/aromatic N) is 2. The molecule has 1 N–H and O–H groups in total. The molecule has 0 fully saturated rings. The highest BCUT2D eigenvalue weighted by Crippen LogP contribution is 2.34. The van der Waals surface area contributed by atoms with Gasteiger partial charge in [0.2, 0.25) is 0 Å². The first-order valence-electron chi connectivity index (χ1n) is 7.16. The van der Waals surface area contributed by atoms with E-state index in [1.807, 2.05) is 24.3 Å². The summed E-state index contributed by atoms with van der Waals surface area (Å²) in [4.78, 5) is 9.02. The van der Waals surface area contributed by atoms with Crippen molar-refractivity contribution in [1.29, 1.82) is 0 Å². The van der Waals surface area contributed by atoms with E-state index in [2.05, 4.69) is 51.1 Å². The third-order valence-electron chi connectivity index (χ3n) is 3.51. The van der Waals surface area contributed by atoms with Gasteiger partial charge in [0.05, 0.1) is 12.6 Å². The molecule has 1 aromatic carbocycles. The zero-order valence-corrected chi connectivity index (χ0v) is 13.7. The van der Waals surface area contributed by atoms with Crippen molar-refractivity contribution in [3.8, 4) is 5.75 Å². The summed E-state index contributed by atoms with van der Waals surface area (Å²) in [7, 11) is 0. The van der Waals surface area contributed by atoms with Crippen molar-refractivity contribution in [2.75, 3.05) is 11.9 Å². The SMILES string of the molecule is CC(C)c1nc(Br)cc(NC2CCOc3ccccc32)n1. The van der Waals surface area contributed by atoms with Gasteiger partial charge in [0.1, 0.15) is 22.0 Å². The summed E-state index contributed by atoms with van der Waals surface area (Å²) in [5.74, 6) is 2.94. The Balaban J connectivity index is 1.88. The van der Waals surface area contributed by atoms with E-state index in [1.165, 1.54) is 5.56 Å². The van der Waals surface area contributed by atoms with Crippen LogP contribution in [0.1, 0.15) is 43.6 Å². The van der Waals surface area contributed by atoms with E-state index in [-0.39, 0.29) is 6.04 Å². The van der Waals surface area contributed by atoms with E-state index in [1.54, 1.807) is 0 Å². The number of aromatic nitrogens is 2. The van der Waals surface area contributed by atoms with Crippen LogP contribution in [-0.2, 0) is 0 Å². The number of para-hydroxylation sites is 1. The van der Waals surface area contributed by atoms with Crippen LogP contribution in [0.4, 0.5) is 5.82 Å². The molecular formula is C16H18BrN3O. The largest absolute Gasteiger partial charge is 0.493 e. The molecule has 0 saturated heterocycles. The number of rotatable bonds is 3. The van der Waals surface area contributed by atoms with Gasteiger partial charge in [-0.15, -0.1) is 0 Å². The first kappa shape index (κ1) is 14.3. The minimum Gasteiger partial charge on any atom is -0.493 e. The van der Waals surface area contributed by atoms with Crippen molar-refractivity contribution in [2.24, 2.45) is 0 Å². The monoisotopic (exact) mass is 347 g/mol. The number of fused-ring (bicyclic) bond motifs is 1. The van der Waals surface area contributed by atoms with Crippen LogP contribution >= 0.6 is 15.9 Å². The molecule has 1 aliphatic heterocycles. The molecule has 0 amide bonds. The Morgan fingerprint density at radius 3 is 2.90 bits per heavy atom. The van der Waals surface area contributed by atoms with Crippen molar-refractivity contribution in [1.82, 2.24) is 9.97 Å². The number of hydrogen-bond acceptors (Lipinski definition) is 4. The zero-order chi connectivity index (χ0) is 14.8. The molecule has 0 radical (unpaired) electrons. The summed E-state index contributed by atoms with van der Waals surface area (Å²) in [5.41, 5.74) is 1.18. The van der Waals surface area contributed by atoms with Crippen LogP contribution in [0.5, 0.6) is 5.75 Å². The molecule has 3 rings (SSSR count). The van der Waals surface area contributed by atoms with Crippen LogP contribution in [-0.4, -0.2) is 16.6 Å². The maximum Gasteiger partial charge on any atom is 0.134 e. The van der Waals surface area contributed by atoms with Crippen molar-refractivity contribution < 1.29 is 4.74 Å². The van der Waals surface area contributed by atoms with Gasteiger partial charge in [-0.3, -0.25) is 0 Å². The minimum absolute atomic E-state index is 0.219. The van der Waals surface area contributed by atoms with E-state index >= 15 is 0 Å². The molecule has 0 spiro atoms. The van der Waals surface area contributed by atoms with E-state index < -0.39 is 0 Å². The Bertz CT molecular complexity index is 645. The predicted octanol–water partition coefficient (Wildman–Crippen LogP) is 4.30. The number of halogens is 1. The fraction of sp³-hybridized carbons (Fsp3) is 0.375. The molecule has 1 aromatic heterocycles. The molecule has 2 aromatic rings. The summed E-state index contributed by atoms with van der Waals surface area (Å²) in [6, 6.07) is 10.3. The number of nitrogens with one attached hydrogen (secondary N) is 1. The van der Waals surface area contributed by atoms with Crippen molar-refractivity contribution >= 4 is 21.7 Å². The number of anilines is 1. The van der Waals surface area contributed by atoms with Gasteiger partial charge in [-0.25, -0.2) is 9.97 Å². The fourth-order valence-corrected chi connectivity index (χ4v) is 2.84. The van der Waals surface area contributed by atoms with Crippen LogP contribution in [0.2, 0.25) is 0 Å². The molecule has 4 nitrogen and oxygen atoms in total. The molecule has 21 heavy (non-hydrogen) atoms. The second-order valence-electron chi connectivity index (χ2n) is 5.46. The lowest BCUT2D eigenvalue weighted by molar-refractivity contribution is 0.274. The maximum absolute atomic E-state index is 5.70. The van der Waals surface area contributed by atoms with Gasteiger partial charge >= 0.3 is 0 Å². The number of hydrogen-bond donors (Lipinski definition) is 1. The van der Waals surface area contributed by atoms with Gasteiger partial charge in [0.25, 0.3) is 0 Å². The zero-order valence-electron chi connectivity index (χ0n) is 12.1. The lowest BCUT2D eigenvalue weighted by Gasteiger charge is -2.27. The van der Waals surface area contributed by atoms with E-state index in [4.69, 9.17) is 4.74 Å². The van der Waals surface area contributed by atoms with Crippen LogP contribution in [0.25, 0.3) is 0 Å². The summed E-state index contributed by atoms with van der Waals surface area (Å²) >= 11 is 3.46. The molecule has 0 bridgehead atoms. The Labute approximate surface area is 133 Å². The standard InChI is InChI=1S/C16H18BrN3O/c1-10(2)16-19-14(17)9-15(20-16)18-12-7-8-21-13-6-4-3-5-11(12)13/h3-6,9-10,12H,7-8H2,1-2H3,(H,18,19,20). The molecule has 1 unspecified atom stereocenters. The van der Waals surface area contributed by atoms with Crippen molar-refractivity contribution in [3.63, 3.8) is 0 Å². The molecule has 2 heterocycles. The van der Waals surface area contributed by atoms with Crippen molar-refractivity contribution in [3.05, 3.63) is 46.3 Å². The van der Waals surface area contributed by atoms with Gasteiger partial charge in [-0.2, -0.15) is 0 Å². The molecule has 0 aliphatic carbocycles. The lowest BCUT2D eigenvalue weighted by atomic mass is 10.0. The highest BCUT2D eigenvalue weighted by atomic mass is 79.9. The first-order chi connectivity index (χ1) is 10.1. The second-order valence-corrected chi connectivity index (χ2v) is 6.27. The Kier molecular flexibility index (Phi) is 4.10. The highest BCUT2D eigenvalue weighted by molar-refractivity contribution is 9.10. The molecule has 1 atom stereocenters. The molecular weight excluding hydrogens is 330 g/mol. The molecule has 110 valence electrons. The smallest absolute Gasteiger partial charge is 0.134 e. The summed E-state index contributed by atoms with van der Waals surface area (Å²) < 4.78 is 6.50. The van der Waals surface area contributed by atoms with Gasteiger partial charge in [0.15, 0.2) is 0 Å². The van der Waals surface area contributed by atoms with Gasteiger partial charge in [-0.05, 0) is 22.0 Å². The second kappa shape index (κ2) is 6.02. The van der Waals surface area contributed by atoms with E-state index in [0.717, 1.165) is 35.0 Å². The Morgan fingerprint density at radius 2 is 2.10 bits per heavy atom. The summed E-state index contributed by atoms with van der Waals surface area (Å²) in [6.45, 7) is 4.91. The number of benzene rings is 1. The van der Waals surface area contributed by atoms with Gasteiger partial charge < -0.3 is 10.1 Å². The van der Waals surface area contributed by atoms with Gasteiger partial charge in [0, 0.05) is 24.0 Å². The van der Waals surface area contributed by atoms with Crippen LogP contribution in [0.15, 0.2) is 34.9 Å². The average molecular weight is 348 g/mol.